The van der Waals surface area contributed by atoms with Crippen LogP contribution < -0.4 is 9.74 Å². The molecule has 28 heavy (non-hydrogen) atoms. The van der Waals surface area contributed by atoms with Gasteiger partial charge in [-0.25, -0.2) is 4.98 Å². The smallest absolute Gasteiger partial charge is 0.339 e. The van der Waals surface area contributed by atoms with E-state index in [1.54, 1.807) is 18.2 Å². The van der Waals surface area contributed by atoms with Crippen LogP contribution in [0.2, 0.25) is 0 Å². The van der Waals surface area contributed by atoms with E-state index in [9.17, 15) is 13.2 Å². The van der Waals surface area contributed by atoms with Crippen LogP contribution in [0.3, 0.4) is 0 Å². The minimum absolute atomic E-state index is 0.0460. The average molecular weight is 392 g/mol. The first-order valence-electron chi connectivity index (χ1n) is 8.53. The number of H-pyrrole nitrogens is 1. The van der Waals surface area contributed by atoms with Gasteiger partial charge < -0.3 is 9.17 Å². The minimum Gasteiger partial charge on any atom is -0.379 e. The highest BCUT2D eigenvalue weighted by molar-refractivity contribution is 7.87. The first-order valence-corrected chi connectivity index (χ1v) is 9.94. The third kappa shape index (κ3) is 3.52. The van der Waals surface area contributed by atoms with E-state index < -0.39 is 10.1 Å². The summed E-state index contributed by atoms with van der Waals surface area (Å²) < 4.78 is 30.1. The van der Waals surface area contributed by atoms with Crippen molar-refractivity contribution in [3.63, 3.8) is 0 Å². The van der Waals surface area contributed by atoms with Crippen LogP contribution in [0.15, 0.2) is 82.5 Å². The molecule has 6 nitrogen and oxygen atoms in total. The van der Waals surface area contributed by atoms with Gasteiger partial charge in [-0.15, -0.1) is 0 Å². The van der Waals surface area contributed by atoms with Crippen molar-refractivity contribution in [2.45, 2.75) is 11.8 Å². The van der Waals surface area contributed by atoms with Gasteiger partial charge in [-0.3, -0.25) is 4.79 Å². The van der Waals surface area contributed by atoms with Crippen molar-refractivity contribution in [1.29, 1.82) is 0 Å². The fourth-order valence-electron chi connectivity index (χ4n) is 2.78. The van der Waals surface area contributed by atoms with Crippen LogP contribution in [0.4, 0.5) is 0 Å². The quantitative estimate of drug-likeness (QED) is 0.535. The van der Waals surface area contributed by atoms with Crippen LogP contribution in [0.5, 0.6) is 5.75 Å². The molecule has 1 aromatic heterocycles. The first kappa shape index (κ1) is 17.9. The molecule has 3 aromatic carbocycles. The molecule has 0 bridgehead atoms. The average Bonchev–Trinajstić information content (AvgIpc) is 2.69. The molecule has 0 aliphatic carbocycles. The molecule has 0 aliphatic rings. The summed E-state index contributed by atoms with van der Waals surface area (Å²) in [6.07, 6.45) is 0. The van der Waals surface area contributed by atoms with E-state index in [1.165, 1.54) is 24.3 Å². The summed E-state index contributed by atoms with van der Waals surface area (Å²) in [5, 5.41) is 0.247. The molecule has 0 fully saturated rings. The molecule has 0 radical (unpaired) electrons. The monoisotopic (exact) mass is 392 g/mol. The number of aromatic nitrogens is 2. The Morgan fingerprint density at radius 3 is 2.36 bits per heavy atom. The lowest BCUT2D eigenvalue weighted by atomic mass is 10.2. The fourth-order valence-corrected chi connectivity index (χ4v) is 3.70. The second kappa shape index (κ2) is 6.94. The Kier molecular flexibility index (Phi) is 4.44. The van der Waals surface area contributed by atoms with Gasteiger partial charge in [0, 0.05) is 5.56 Å². The molecule has 0 aliphatic heterocycles. The number of fused-ring (bicyclic) bond motifs is 1. The van der Waals surface area contributed by atoms with Crippen molar-refractivity contribution in [2.24, 2.45) is 0 Å². The van der Waals surface area contributed by atoms with E-state index in [-0.39, 0.29) is 21.6 Å². The highest BCUT2D eigenvalue weighted by Gasteiger charge is 2.17. The van der Waals surface area contributed by atoms with E-state index in [2.05, 4.69) is 9.97 Å². The van der Waals surface area contributed by atoms with Crippen molar-refractivity contribution in [3.8, 4) is 17.1 Å². The van der Waals surface area contributed by atoms with Crippen molar-refractivity contribution < 1.29 is 12.6 Å². The number of rotatable bonds is 4. The van der Waals surface area contributed by atoms with Crippen LogP contribution >= 0.6 is 0 Å². The van der Waals surface area contributed by atoms with Crippen LogP contribution in [0, 0.1) is 6.92 Å². The lowest BCUT2D eigenvalue weighted by Crippen LogP contribution is -2.12. The highest BCUT2D eigenvalue weighted by atomic mass is 32.2. The minimum atomic E-state index is -4.00. The zero-order valence-corrected chi connectivity index (χ0v) is 15.7. The summed E-state index contributed by atoms with van der Waals surface area (Å²) in [5.74, 6) is 0.492. The SMILES string of the molecule is Cc1ccc(S(=O)(=O)Oc2ccc3nc(-c4ccccc4)[nH]c(=O)c3c2)cc1. The number of benzene rings is 3. The number of hydrogen-bond donors (Lipinski definition) is 1. The Hall–Kier alpha value is -3.45. The predicted molar refractivity (Wildman–Crippen MR) is 107 cm³/mol. The summed E-state index contributed by atoms with van der Waals surface area (Å²) in [5.41, 5.74) is 1.80. The van der Waals surface area contributed by atoms with Crippen molar-refractivity contribution >= 4 is 21.0 Å². The largest absolute Gasteiger partial charge is 0.379 e. The molecule has 140 valence electrons. The van der Waals surface area contributed by atoms with Gasteiger partial charge >= 0.3 is 10.1 Å². The summed E-state index contributed by atoms with van der Waals surface area (Å²) in [7, 11) is -4.00. The normalized spacial score (nSPS) is 11.5. The first-order chi connectivity index (χ1) is 13.4. The van der Waals surface area contributed by atoms with Crippen molar-refractivity contribution in [3.05, 3.63) is 88.7 Å². The Morgan fingerprint density at radius 2 is 1.64 bits per heavy atom. The maximum absolute atomic E-state index is 12.5. The van der Waals surface area contributed by atoms with E-state index >= 15 is 0 Å². The Bertz CT molecular complexity index is 1310. The Morgan fingerprint density at radius 1 is 0.929 bits per heavy atom. The van der Waals surface area contributed by atoms with Crippen molar-refractivity contribution in [1.82, 2.24) is 9.97 Å². The Labute approximate surface area is 161 Å². The van der Waals surface area contributed by atoms with Gasteiger partial charge in [0.1, 0.15) is 16.5 Å². The van der Waals surface area contributed by atoms with Crippen LogP contribution in [-0.2, 0) is 10.1 Å². The van der Waals surface area contributed by atoms with Gasteiger partial charge in [0.05, 0.1) is 10.9 Å². The molecule has 0 unspecified atom stereocenters. The zero-order valence-electron chi connectivity index (χ0n) is 14.9. The molecule has 4 rings (SSSR count). The van der Waals surface area contributed by atoms with Gasteiger partial charge in [-0.05, 0) is 37.3 Å². The topological polar surface area (TPSA) is 89.1 Å². The zero-order chi connectivity index (χ0) is 19.7. The molecular formula is C21H16N2O4S. The molecule has 1 heterocycles. The van der Waals surface area contributed by atoms with Crippen LogP contribution in [-0.4, -0.2) is 18.4 Å². The molecule has 1 N–H and O–H groups in total. The van der Waals surface area contributed by atoms with E-state index in [1.807, 2.05) is 37.3 Å². The van der Waals surface area contributed by atoms with Gasteiger partial charge in [0.2, 0.25) is 0 Å². The number of aryl methyl sites for hydroxylation is 1. The summed E-state index contributed by atoms with van der Waals surface area (Å²) in [6, 6.07) is 20.0. The maximum Gasteiger partial charge on any atom is 0.339 e. The van der Waals surface area contributed by atoms with E-state index in [0.717, 1.165) is 11.1 Å². The molecule has 0 spiro atoms. The summed E-state index contributed by atoms with van der Waals surface area (Å²) in [6.45, 7) is 1.86. The van der Waals surface area contributed by atoms with Gasteiger partial charge in [-0.1, -0.05) is 48.0 Å². The van der Waals surface area contributed by atoms with Crippen molar-refractivity contribution in [2.75, 3.05) is 0 Å². The van der Waals surface area contributed by atoms with Gasteiger partial charge in [-0.2, -0.15) is 8.42 Å². The number of nitrogens with one attached hydrogen (secondary N) is 1. The molecular weight excluding hydrogens is 376 g/mol. The highest BCUT2D eigenvalue weighted by Crippen LogP contribution is 2.23. The molecule has 0 saturated carbocycles. The number of hydrogen-bond acceptors (Lipinski definition) is 5. The maximum atomic E-state index is 12.5. The number of aromatic amines is 1. The molecule has 4 aromatic rings. The molecule has 0 saturated heterocycles. The Balaban J connectivity index is 1.71. The van der Waals surface area contributed by atoms with E-state index in [0.29, 0.717) is 11.3 Å². The standard InChI is InChI=1S/C21H16N2O4S/c1-14-7-10-17(11-8-14)28(25,26)27-16-9-12-19-18(13-16)21(24)23-20(22-19)15-5-3-2-4-6-15/h2-13H,1H3,(H,22,23,24). The third-order valence-electron chi connectivity index (χ3n) is 4.24. The summed E-state index contributed by atoms with van der Waals surface area (Å²) >= 11 is 0. The number of nitrogens with zero attached hydrogens (tertiary/aromatic N) is 1. The second-order valence-corrected chi connectivity index (χ2v) is 7.86. The van der Waals surface area contributed by atoms with Crippen LogP contribution in [0.25, 0.3) is 22.3 Å². The lowest BCUT2D eigenvalue weighted by Gasteiger charge is -2.08. The van der Waals surface area contributed by atoms with E-state index in [4.69, 9.17) is 4.18 Å². The molecule has 0 atom stereocenters. The predicted octanol–water partition coefficient (Wildman–Crippen LogP) is 3.67. The molecule has 7 heteroatoms. The molecule has 0 amide bonds. The fraction of sp³-hybridized carbons (Fsp3) is 0.0476. The van der Waals surface area contributed by atoms with Crippen LogP contribution in [0.1, 0.15) is 5.56 Å². The third-order valence-corrected chi connectivity index (χ3v) is 5.50. The van der Waals surface area contributed by atoms with Gasteiger partial charge in [0.25, 0.3) is 5.56 Å². The van der Waals surface area contributed by atoms with Gasteiger partial charge in [0.15, 0.2) is 0 Å². The second-order valence-electron chi connectivity index (χ2n) is 6.31. The lowest BCUT2D eigenvalue weighted by molar-refractivity contribution is 0.486. The summed E-state index contributed by atoms with van der Waals surface area (Å²) in [4.78, 5) is 19.7.